The van der Waals surface area contributed by atoms with E-state index in [1.165, 1.54) is 49.0 Å². The summed E-state index contributed by atoms with van der Waals surface area (Å²) < 4.78 is 5.80. The summed E-state index contributed by atoms with van der Waals surface area (Å²) in [6, 6.07) is 19.6. The van der Waals surface area contributed by atoms with Crippen LogP contribution in [0.1, 0.15) is 44.2 Å². The van der Waals surface area contributed by atoms with Gasteiger partial charge in [0.05, 0.1) is 0 Å². The van der Waals surface area contributed by atoms with Gasteiger partial charge in [-0.05, 0) is 56.3 Å². The number of rotatable bonds is 7. The molecule has 1 heterocycles. The van der Waals surface area contributed by atoms with Crippen molar-refractivity contribution in [1.29, 1.82) is 0 Å². The summed E-state index contributed by atoms with van der Waals surface area (Å²) in [5.74, 6) is 0.883. The molecule has 4 heteroatoms. The molecule has 0 amide bonds. The van der Waals surface area contributed by atoms with Gasteiger partial charge in [-0.25, -0.2) is 0 Å². The first-order valence-electron chi connectivity index (χ1n) is 10.7. The zero-order valence-corrected chi connectivity index (χ0v) is 19.1. The monoisotopic (exact) mass is 454 g/mol. The van der Waals surface area contributed by atoms with Crippen molar-refractivity contribution in [2.75, 3.05) is 13.1 Å². The van der Waals surface area contributed by atoms with Crippen LogP contribution in [0.4, 0.5) is 0 Å². The molecular weight excluding hydrogens is 424 g/mol. The molecule has 4 rings (SSSR count). The molecule has 0 spiro atoms. The van der Waals surface area contributed by atoms with Crippen LogP contribution < -0.4 is 0 Å². The molecular formula is C25H31BrN2O. The van der Waals surface area contributed by atoms with Crippen LogP contribution >= 0.6 is 17.0 Å². The highest BCUT2D eigenvalue weighted by Gasteiger charge is 2.26. The van der Waals surface area contributed by atoms with E-state index in [0.29, 0.717) is 6.04 Å². The molecule has 0 saturated heterocycles. The number of benzene rings is 2. The standard InChI is InChI=1S/C25H30N2O.BrH/c1-3-15-27(16-4-2)21-14-13-19-11-8-12-22(23(19)17-21)25-18-24(26-28-25)20-9-6-5-7-10-20;/h5-12,18,21H,3-4,13-17H2,1-2H3;1H. The van der Waals surface area contributed by atoms with E-state index in [1.54, 1.807) is 0 Å². The van der Waals surface area contributed by atoms with Crippen LogP contribution in [-0.4, -0.2) is 29.2 Å². The Balaban J connectivity index is 0.00000240. The third kappa shape index (κ3) is 4.81. The summed E-state index contributed by atoms with van der Waals surface area (Å²) >= 11 is 0. The second-order valence-corrected chi connectivity index (χ2v) is 7.82. The molecule has 1 aliphatic rings. The summed E-state index contributed by atoms with van der Waals surface area (Å²) in [5, 5.41) is 4.34. The van der Waals surface area contributed by atoms with Gasteiger partial charge in [0.1, 0.15) is 5.69 Å². The van der Waals surface area contributed by atoms with E-state index in [1.807, 2.05) is 18.2 Å². The maximum absolute atomic E-state index is 5.80. The maximum atomic E-state index is 5.80. The first-order chi connectivity index (χ1) is 13.8. The number of aryl methyl sites for hydroxylation is 1. The molecule has 2 aromatic carbocycles. The van der Waals surface area contributed by atoms with E-state index in [2.05, 4.69) is 60.3 Å². The van der Waals surface area contributed by atoms with Gasteiger partial charge in [-0.1, -0.05) is 67.5 Å². The fourth-order valence-electron chi connectivity index (χ4n) is 4.51. The third-order valence-electron chi connectivity index (χ3n) is 5.84. The van der Waals surface area contributed by atoms with Crippen LogP contribution in [0.2, 0.25) is 0 Å². The van der Waals surface area contributed by atoms with Gasteiger partial charge in [0.25, 0.3) is 0 Å². The van der Waals surface area contributed by atoms with Crippen molar-refractivity contribution in [2.45, 2.75) is 52.0 Å². The summed E-state index contributed by atoms with van der Waals surface area (Å²) in [7, 11) is 0. The lowest BCUT2D eigenvalue weighted by atomic mass is 9.84. The summed E-state index contributed by atoms with van der Waals surface area (Å²) in [5.41, 5.74) is 6.13. The van der Waals surface area contributed by atoms with Gasteiger partial charge in [0, 0.05) is 23.2 Å². The third-order valence-corrected chi connectivity index (χ3v) is 5.84. The molecule has 0 fully saturated rings. The van der Waals surface area contributed by atoms with Gasteiger partial charge in [-0.15, -0.1) is 17.0 Å². The smallest absolute Gasteiger partial charge is 0.167 e. The van der Waals surface area contributed by atoms with Crippen LogP contribution in [0, 0.1) is 0 Å². The van der Waals surface area contributed by atoms with Gasteiger partial charge in [-0.3, -0.25) is 0 Å². The van der Waals surface area contributed by atoms with Gasteiger partial charge >= 0.3 is 0 Å². The van der Waals surface area contributed by atoms with Crippen molar-refractivity contribution in [3.05, 3.63) is 65.7 Å². The van der Waals surface area contributed by atoms with E-state index in [9.17, 15) is 0 Å². The number of halogens is 1. The molecule has 0 radical (unpaired) electrons. The number of hydrogen-bond acceptors (Lipinski definition) is 3. The van der Waals surface area contributed by atoms with E-state index >= 15 is 0 Å². The molecule has 1 atom stereocenters. The Labute approximate surface area is 184 Å². The quantitative estimate of drug-likeness (QED) is 0.404. The summed E-state index contributed by atoms with van der Waals surface area (Å²) in [6.07, 6.45) is 5.94. The first kappa shape index (κ1) is 21.8. The predicted molar refractivity (Wildman–Crippen MR) is 126 cm³/mol. The number of aromatic nitrogens is 1. The molecule has 0 bridgehead atoms. The van der Waals surface area contributed by atoms with Crippen LogP contribution in [0.5, 0.6) is 0 Å². The lowest BCUT2D eigenvalue weighted by molar-refractivity contribution is 0.180. The van der Waals surface area contributed by atoms with Crippen molar-refractivity contribution in [1.82, 2.24) is 10.1 Å². The average molecular weight is 455 g/mol. The zero-order chi connectivity index (χ0) is 19.3. The number of fused-ring (bicyclic) bond motifs is 1. The molecule has 1 aliphatic carbocycles. The van der Waals surface area contributed by atoms with Crippen LogP contribution in [0.3, 0.4) is 0 Å². The van der Waals surface area contributed by atoms with Crippen molar-refractivity contribution < 1.29 is 4.52 Å². The van der Waals surface area contributed by atoms with Crippen LogP contribution in [-0.2, 0) is 12.8 Å². The van der Waals surface area contributed by atoms with Crippen molar-refractivity contribution >= 4 is 17.0 Å². The number of hydrogen-bond donors (Lipinski definition) is 0. The number of nitrogens with zero attached hydrogens (tertiary/aromatic N) is 2. The SMILES string of the molecule is Br.CCCN(CCC)C1CCc2cccc(-c3cc(-c4ccccc4)no3)c2C1. The van der Waals surface area contributed by atoms with Gasteiger partial charge < -0.3 is 9.42 Å². The minimum absolute atomic E-state index is 0. The minimum Gasteiger partial charge on any atom is -0.356 e. The summed E-state index contributed by atoms with van der Waals surface area (Å²) in [6.45, 7) is 6.95. The lowest BCUT2D eigenvalue weighted by Crippen LogP contribution is -2.40. The Morgan fingerprint density at radius 2 is 1.76 bits per heavy atom. The Morgan fingerprint density at radius 1 is 1.00 bits per heavy atom. The van der Waals surface area contributed by atoms with Gasteiger partial charge in [0.15, 0.2) is 5.76 Å². The largest absolute Gasteiger partial charge is 0.356 e. The maximum Gasteiger partial charge on any atom is 0.167 e. The van der Waals surface area contributed by atoms with E-state index in [-0.39, 0.29) is 17.0 Å². The Morgan fingerprint density at radius 3 is 2.48 bits per heavy atom. The molecule has 3 nitrogen and oxygen atoms in total. The van der Waals surface area contributed by atoms with Crippen molar-refractivity contribution in [2.24, 2.45) is 0 Å². The molecule has 29 heavy (non-hydrogen) atoms. The fraction of sp³-hybridized carbons (Fsp3) is 0.400. The summed E-state index contributed by atoms with van der Waals surface area (Å²) in [4.78, 5) is 2.69. The normalized spacial score (nSPS) is 15.8. The molecule has 0 saturated carbocycles. The Hall–Kier alpha value is -1.91. The van der Waals surface area contributed by atoms with E-state index in [4.69, 9.17) is 4.52 Å². The molecule has 3 aromatic rings. The minimum atomic E-state index is 0. The predicted octanol–water partition coefficient (Wildman–Crippen LogP) is 6.57. The zero-order valence-electron chi connectivity index (χ0n) is 17.4. The average Bonchev–Trinajstić information content (AvgIpc) is 3.23. The second kappa shape index (κ2) is 10.2. The van der Waals surface area contributed by atoms with Crippen LogP contribution in [0.15, 0.2) is 59.1 Å². The van der Waals surface area contributed by atoms with E-state index in [0.717, 1.165) is 29.9 Å². The molecule has 0 aliphatic heterocycles. The molecule has 154 valence electrons. The molecule has 1 aromatic heterocycles. The Bertz CT molecular complexity index is 900. The Kier molecular flexibility index (Phi) is 7.68. The first-order valence-corrected chi connectivity index (χ1v) is 10.7. The highest BCUT2D eigenvalue weighted by atomic mass is 79.9. The highest BCUT2D eigenvalue weighted by Crippen LogP contribution is 2.35. The lowest BCUT2D eigenvalue weighted by Gasteiger charge is -2.35. The van der Waals surface area contributed by atoms with Gasteiger partial charge in [-0.2, -0.15) is 0 Å². The molecule has 0 N–H and O–H groups in total. The second-order valence-electron chi connectivity index (χ2n) is 7.82. The topological polar surface area (TPSA) is 29.3 Å². The molecule has 1 unspecified atom stereocenters. The fourth-order valence-corrected chi connectivity index (χ4v) is 4.51. The van der Waals surface area contributed by atoms with Crippen molar-refractivity contribution in [3.63, 3.8) is 0 Å². The van der Waals surface area contributed by atoms with Crippen LogP contribution in [0.25, 0.3) is 22.6 Å². The highest BCUT2D eigenvalue weighted by molar-refractivity contribution is 8.93. The van der Waals surface area contributed by atoms with Gasteiger partial charge in [0.2, 0.25) is 0 Å². The van der Waals surface area contributed by atoms with Crippen molar-refractivity contribution in [3.8, 4) is 22.6 Å². The van der Waals surface area contributed by atoms with E-state index < -0.39 is 0 Å².